The van der Waals surface area contributed by atoms with E-state index in [1.807, 2.05) is 37.3 Å². The lowest BCUT2D eigenvalue weighted by Crippen LogP contribution is -2.09. The SMILES string of the molecule is Cc1ccc(CCc2c(C(=O)O)nnn2CC#N)cc1. The van der Waals surface area contributed by atoms with Gasteiger partial charge in [-0.3, -0.25) is 0 Å². The van der Waals surface area contributed by atoms with Gasteiger partial charge in [0.05, 0.1) is 11.8 Å². The molecule has 102 valence electrons. The number of rotatable bonds is 5. The summed E-state index contributed by atoms with van der Waals surface area (Å²) in [4.78, 5) is 11.1. The minimum Gasteiger partial charge on any atom is -0.476 e. The van der Waals surface area contributed by atoms with E-state index < -0.39 is 5.97 Å². The van der Waals surface area contributed by atoms with Gasteiger partial charge in [-0.15, -0.1) is 5.10 Å². The highest BCUT2D eigenvalue weighted by Crippen LogP contribution is 2.11. The second-order valence-corrected chi connectivity index (χ2v) is 4.49. The van der Waals surface area contributed by atoms with E-state index in [0.717, 1.165) is 5.56 Å². The first-order valence-electron chi connectivity index (χ1n) is 6.20. The molecule has 0 spiro atoms. The van der Waals surface area contributed by atoms with Crippen molar-refractivity contribution in [3.05, 3.63) is 46.8 Å². The number of carbonyl (C=O) groups is 1. The maximum atomic E-state index is 11.1. The van der Waals surface area contributed by atoms with E-state index in [1.165, 1.54) is 10.2 Å². The molecule has 6 heteroatoms. The molecule has 1 aromatic carbocycles. The number of carboxylic acids is 1. The van der Waals surface area contributed by atoms with Crippen LogP contribution in [0.4, 0.5) is 0 Å². The third-order valence-electron chi connectivity index (χ3n) is 3.03. The maximum Gasteiger partial charge on any atom is 0.358 e. The van der Waals surface area contributed by atoms with Gasteiger partial charge in [-0.1, -0.05) is 35.0 Å². The maximum absolute atomic E-state index is 11.1. The second kappa shape index (κ2) is 5.97. The van der Waals surface area contributed by atoms with Gasteiger partial charge in [0.1, 0.15) is 6.54 Å². The topological polar surface area (TPSA) is 91.8 Å². The van der Waals surface area contributed by atoms with Crippen molar-refractivity contribution in [2.24, 2.45) is 0 Å². The smallest absolute Gasteiger partial charge is 0.358 e. The van der Waals surface area contributed by atoms with Gasteiger partial charge >= 0.3 is 5.97 Å². The molecule has 20 heavy (non-hydrogen) atoms. The molecule has 6 nitrogen and oxygen atoms in total. The van der Waals surface area contributed by atoms with E-state index >= 15 is 0 Å². The third kappa shape index (κ3) is 3.01. The van der Waals surface area contributed by atoms with Crippen LogP contribution in [0.1, 0.15) is 27.3 Å². The molecular weight excluding hydrogens is 256 g/mol. The summed E-state index contributed by atoms with van der Waals surface area (Å²) in [7, 11) is 0. The number of nitrogens with zero attached hydrogens (tertiary/aromatic N) is 4. The lowest BCUT2D eigenvalue weighted by atomic mass is 10.1. The molecule has 0 fully saturated rings. The van der Waals surface area contributed by atoms with Crippen molar-refractivity contribution in [3.63, 3.8) is 0 Å². The van der Waals surface area contributed by atoms with Crippen LogP contribution < -0.4 is 0 Å². The van der Waals surface area contributed by atoms with Crippen LogP contribution in [0.3, 0.4) is 0 Å². The van der Waals surface area contributed by atoms with Crippen LogP contribution in [0.2, 0.25) is 0 Å². The van der Waals surface area contributed by atoms with Gasteiger partial charge in [0.25, 0.3) is 0 Å². The first kappa shape index (κ1) is 13.7. The van der Waals surface area contributed by atoms with Crippen LogP contribution in [0.25, 0.3) is 0 Å². The quantitative estimate of drug-likeness (QED) is 0.890. The van der Waals surface area contributed by atoms with Crippen LogP contribution in [-0.2, 0) is 19.4 Å². The van der Waals surface area contributed by atoms with Crippen molar-refractivity contribution < 1.29 is 9.90 Å². The van der Waals surface area contributed by atoms with Crippen LogP contribution >= 0.6 is 0 Å². The number of carboxylic acid groups (broad SMARTS) is 1. The van der Waals surface area contributed by atoms with Crippen molar-refractivity contribution in [2.75, 3.05) is 0 Å². The molecule has 0 unspecified atom stereocenters. The first-order valence-corrected chi connectivity index (χ1v) is 6.20. The fraction of sp³-hybridized carbons (Fsp3) is 0.286. The van der Waals surface area contributed by atoms with E-state index in [0.29, 0.717) is 18.5 Å². The molecule has 0 saturated carbocycles. The van der Waals surface area contributed by atoms with Crippen molar-refractivity contribution in [1.29, 1.82) is 5.26 Å². The molecule has 1 aromatic heterocycles. The number of nitriles is 1. The Morgan fingerprint density at radius 1 is 1.35 bits per heavy atom. The second-order valence-electron chi connectivity index (χ2n) is 4.49. The minimum atomic E-state index is -1.12. The molecule has 0 atom stereocenters. The Kier molecular flexibility index (Phi) is 4.11. The Hall–Kier alpha value is -2.68. The van der Waals surface area contributed by atoms with Crippen LogP contribution in [0.15, 0.2) is 24.3 Å². The molecule has 0 aliphatic heterocycles. The summed E-state index contributed by atoms with van der Waals surface area (Å²) >= 11 is 0. The Balaban J connectivity index is 2.19. The normalized spacial score (nSPS) is 10.2. The van der Waals surface area contributed by atoms with E-state index in [-0.39, 0.29) is 12.2 Å². The number of aryl methyl sites for hydroxylation is 2. The molecule has 0 bridgehead atoms. The molecule has 0 saturated heterocycles. The Labute approximate surface area is 116 Å². The predicted molar refractivity (Wildman–Crippen MR) is 71.2 cm³/mol. The number of hydrogen-bond acceptors (Lipinski definition) is 4. The summed E-state index contributed by atoms with van der Waals surface area (Å²) in [5.41, 5.74) is 2.69. The third-order valence-corrected chi connectivity index (χ3v) is 3.03. The van der Waals surface area contributed by atoms with Crippen molar-refractivity contribution >= 4 is 5.97 Å². The highest BCUT2D eigenvalue weighted by molar-refractivity contribution is 5.86. The lowest BCUT2D eigenvalue weighted by molar-refractivity contribution is 0.0689. The average molecular weight is 270 g/mol. The summed E-state index contributed by atoms with van der Waals surface area (Å²) in [6.07, 6.45) is 1.17. The number of aromatic nitrogens is 3. The molecule has 2 aromatic rings. The summed E-state index contributed by atoms with van der Waals surface area (Å²) in [5, 5.41) is 25.1. The highest BCUT2D eigenvalue weighted by Gasteiger charge is 2.18. The molecule has 0 aliphatic rings. The van der Waals surface area contributed by atoms with Gasteiger partial charge in [-0.2, -0.15) is 5.26 Å². The van der Waals surface area contributed by atoms with E-state index in [1.54, 1.807) is 0 Å². The van der Waals surface area contributed by atoms with Crippen LogP contribution in [0, 0.1) is 18.3 Å². The molecule has 1 heterocycles. The van der Waals surface area contributed by atoms with Gasteiger partial charge in [0.15, 0.2) is 5.69 Å². The largest absolute Gasteiger partial charge is 0.476 e. The molecule has 0 radical (unpaired) electrons. The highest BCUT2D eigenvalue weighted by atomic mass is 16.4. The summed E-state index contributed by atoms with van der Waals surface area (Å²) in [6, 6.07) is 9.99. The molecule has 0 amide bonds. The fourth-order valence-corrected chi connectivity index (χ4v) is 1.96. The average Bonchev–Trinajstić information content (AvgIpc) is 2.82. The van der Waals surface area contributed by atoms with Gasteiger partial charge in [0, 0.05) is 0 Å². The summed E-state index contributed by atoms with van der Waals surface area (Å²) in [6.45, 7) is 2.02. The van der Waals surface area contributed by atoms with Gasteiger partial charge in [-0.05, 0) is 25.3 Å². The van der Waals surface area contributed by atoms with Crippen molar-refractivity contribution in [3.8, 4) is 6.07 Å². The zero-order valence-electron chi connectivity index (χ0n) is 11.1. The van der Waals surface area contributed by atoms with E-state index in [9.17, 15) is 4.79 Å². The predicted octanol–water partition coefficient (Wildman–Crippen LogP) is 1.59. The molecule has 0 aliphatic carbocycles. The van der Waals surface area contributed by atoms with Gasteiger partial charge in [0.2, 0.25) is 0 Å². The first-order chi connectivity index (χ1) is 9.61. The minimum absolute atomic E-state index is 0.00348. The Morgan fingerprint density at radius 3 is 2.65 bits per heavy atom. The van der Waals surface area contributed by atoms with Crippen molar-refractivity contribution in [1.82, 2.24) is 15.0 Å². The van der Waals surface area contributed by atoms with Gasteiger partial charge in [-0.25, -0.2) is 9.48 Å². The van der Waals surface area contributed by atoms with Crippen LogP contribution in [-0.4, -0.2) is 26.1 Å². The number of benzene rings is 1. The number of hydrogen-bond donors (Lipinski definition) is 1. The van der Waals surface area contributed by atoms with E-state index in [2.05, 4.69) is 10.3 Å². The standard InChI is InChI=1S/C14H14N4O2/c1-10-2-4-11(5-3-10)6-7-12-13(14(19)20)16-17-18(12)9-8-15/h2-5H,6-7,9H2,1H3,(H,19,20). The summed E-state index contributed by atoms with van der Waals surface area (Å²) in [5.74, 6) is -1.12. The zero-order valence-corrected chi connectivity index (χ0v) is 11.1. The fourth-order valence-electron chi connectivity index (χ4n) is 1.96. The lowest BCUT2D eigenvalue weighted by Gasteiger charge is -2.04. The van der Waals surface area contributed by atoms with Gasteiger partial charge < -0.3 is 5.11 Å². The zero-order chi connectivity index (χ0) is 14.5. The number of aromatic carboxylic acids is 1. The summed E-state index contributed by atoms with van der Waals surface area (Å²) < 4.78 is 1.34. The molecule has 2 rings (SSSR count). The molecular formula is C14H14N4O2. The van der Waals surface area contributed by atoms with E-state index in [4.69, 9.17) is 10.4 Å². The van der Waals surface area contributed by atoms with Crippen molar-refractivity contribution in [2.45, 2.75) is 26.3 Å². The monoisotopic (exact) mass is 270 g/mol. The Bertz CT molecular complexity index is 653. The molecule has 1 N–H and O–H groups in total. The van der Waals surface area contributed by atoms with Crippen LogP contribution in [0.5, 0.6) is 0 Å². The Morgan fingerprint density at radius 2 is 2.05 bits per heavy atom.